The lowest BCUT2D eigenvalue weighted by atomic mass is 9.94. The van der Waals surface area contributed by atoms with Gasteiger partial charge in [-0.1, -0.05) is 48.5 Å². The first kappa shape index (κ1) is 15.6. The summed E-state index contributed by atoms with van der Waals surface area (Å²) in [5.74, 6) is 0.265. The Labute approximate surface area is 136 Å². The number of para-hydroxylation sites is 1. The van der Waals surface area contributed by atoms with E-state index in [4.69, 9.17) is 14.2 Å². The quantitative estimate of drug-likeness (QED) is 0.794. The standard InChI is InChI=1S/C19H20O4/c1-21-19(20)17-12-16(13-22-15-10-6-3-7-11-15)23-18(17)14-8-4-2-5-9-14/h2-11,16-18H,12-13H2,1H3/t16-,17-,18-/m1/s1. The summed E-state index contributed by atoms with van der Waals surface area (Å²) in [4.78, 5) is 12.1. The maximum absolute atomic E-state index is 12.1. The van der Waals surface area contributed by atoms with Crippen LogP contribution in [0.4, 0.5) is 0 Å². The van der Waals surface area contributed by atoms with Gasteiger partial charge in [-0.3, -0.25) is 4.79 Å². The second kappa shape index (κ2) is 7.29. The van der Waals surface area contributed by atoms with Gasteiger partial charge >= 0.3 is 5.97 Å². The minimum atomic E-state index is -0.299. The van der Waals surface area contributed by atoms with E-state index in [1.165, 1.54) is 7.11 Å². The highest BCUT2D eigenvalue weighted by Crippen LogP contribution is 2.39. The third-order valence-corrected chi connectivity index (χ3v) is 4.03. The third-order valence-electron chi connectivity index (χ3n) is 4.03. The van der Waals surface area contributed by atoms with Gasteiger partial charge in [0.15, 0.2) is 0 Å². The number of rotatable bonds is 5. The van der Waals surface area contributed by atoms with Crippen LogP contribution in [0.25, 0.3) is 0 Å². The Morgan fingerprint density at radius 1 is 1.09 bits per heavy atom. The van der Waals surface area contributed by atoms with Gasteiger partial charge in [0.25, 0.3) is 0 Å². The maximum Gasteiger partial charge on any atom is 0.311 e. The Balaban J connectivity index is 1.69. The van der Waals surface area contributed by atoms with E-state index < -0.39 is 0 Å². The van der Waals surface area contributed by atoms with Crippen LogP contribution in [0.2, 0.25) is 0 Å². The molecule has 0 N–H and O–H groups in total. The van der Waals surface area contributed by atoms with Crippen LogP contribution in [0.3, 0.4) is 0 Å². The molecule has 1 fully saturated rings. The Morgan fingerprint density at radius 2 is 1.74 bits per heavy atom. The van der Waals surface area contributed by atoms with Crippen LogP contribution in [0.5, 0.6) is 5.75 Å². The van der Waals surface area contributed by atoms with Crippen LogP contribution >= 0.6 is 0 Å². The van der Waals surface area contributed by atoms with Crippen molar-refractivity contribution >= 4 is 5.97 Å². The number of esters is 1. The average Bonchev–Trinajstić information content (AvgIpc) is 3.05. The molecule has 2 aromatic rings. The lowest BCUT2D eigenvalue weighted by Crippen LogP contribution is -2.20. The molecule has 1 saturated heterocycles. The maximum atomic E-state index is 12.1. The Morgan fingerprint density at radius 3 is 2.39 bits per heavy atom. The van der Waals surface area contributed by atoms with Crippen molar-refractivity contribution in [1.29, 1.82) is 0 Å². The molecule has 23 heavy (non-hydrogen) atoms. The molecule has 0 aromatic heterocycles. The van der Waals surface area contributed by atoms with E-state index in [0.717, 1.165) is 11.3 Å². The van der Waals surface area contributed by atoms with Crippen molar-refractivity contribution in [1.82, 2.24) is 0 Å². The van der Waals surface area contributed by atoms with Gasteiger partial charge < -0.3 is 14.2 Å². The molecule has 1 aliphatic heterocycles. The molecule has 0 bridgehead atoms. The molecule has 0 radical (unpaired) electrons. The lowest BCUT2D eigenvalue weighted by molar-refractivity contribution is -0.147. The molecule has 0 aliphatic carbocycles. The smallest absolute Gasteiger partial charge is 0.311 e. The summed E-state index contributed by atoms with van der Waals surface area (Å²) in [6, 6.07) is 19.4. The summed E-state index contributed by atoms with van der Waals surface area (Å²) in [7, 11) is 1.41. The molecule has 0 unspecified atom stereocenters. The number of methoxy groups -OCH3 is 1. The van der Waals surface area contributed by atoms with Gasteiger partial charge in [0, 0.05) is 0 Å². The van der Waals surface area contributed by atoms with Gasteiger partial charge in [-0.25, -0.2) is 0 Å². The predicted octanol–water partition coefficient (Wildman–Crippen LogP) is 3.38. The SMILES string of the molecule is COC(=O)[C@@H]1C[C@H](COc2ccccc2)O[C@@H]1c1ccccc1. The first-order valence-corrected chi connectivity index (χ1v) is 7.74. The summed E-state index contributed by atoms with van der Waals surface area (Å²) >= 11 is 0. The van der Waals surface area contributed by atoms with E-state index >= 15 is 0 Å². The van der Waals surface area contributed by atoms with E-state index in [-0.39, 0.29) is 24.1 Å². The minimum Gasteiger partial charge on any atom is -0.491 e. The summed E-state index contributed by atoms with van der Waals surface area (Å²) in [6.07, 6.45) is 0.177. The summed E-state index contributed by atoms with van der Waals surface area (Å²) in [5, 5.41) is 0. The van der Waals surface area contributed by atoms with Gasteiger partial charge in [-0.15, -0.1) is 0 Å². The summed E-state index contributed by atoms with van der Waals surface area (Å²) in [5.41, 5.74) is 0.991. The van der Waals surface area contributed by atoms with Crippen LogP contribution in [-0.2, 0) is 14.3 Å². The summed E-state index contributed by atoms with van der Waals surface area (Å²) in [6.45, 7) is 0.418. The van der Waals surface area contributed by atoms with E-state index in [1.54, 1.807) is 0 Å². The zero-order valence-electron chi connectivity index (χ0n) is 13.1. The molecule has 0 amide bonds. The van der Waals surface area contributed by atoms with Gasteiger partial charge in [0.1, 0.15) is 12.4 Å². The molecule has 1 heterocycles. The number of benzene rings is 2. The highest BCUT2D eigenvalue weighted by atomic mass is 16.6. The molecular weight excluding hydrogens is 292 g/mol. The molecule has 120 valence electrons. The van der Waals surface area contributed by atoms with Gasteiger partial charge in [0.2, 0.25) is 0 Å². The number of carbonyl (C=O) groups is 1. The number of carbonyl (C=O) groups excluding carboxylic acids is 1. The largest absolute Gasteiger partial charge is 0.491 e. The van der Waals surface area contributed by atoms with E-state index in [9.17, 15) is 4.79 Å². The molecular formula is C19H20O4. The van der Waals surface area contributed by atoms with E-state index in [2.05, 4.69) is 0 Å². The first-order chi connectivity index (χ1) is 11.3. The molecule has 1 aliphatic rings. The fraction of sp³-hybridized carbons (Fsp3) is 0.316. The Bertz CT molecular complexity index is 626. The first-order valence-electron chi connectivity index (χ1n) is 7.74. The fourth-order valence-corrected chi connectivity index (χ4v) is 2.90. The number of hydrogen-bond acceptors (Lipinski definition) is 4. The van der Waals surface area contributed by atoms with Crippen molar-refractivity contribution in [3.63, 3.8) is 0 Å². The fourth-order valence-electron chi connectivity index (χ4n) is 2.90. The molecule has 2 aromatic carbocycles. The molecule has 4 nitrogen and oxygen atoms in total. The van der Waals surface area contributed by atoms with Crippen LogP contribution in [-0.4, -0.2) is 25.8 Å². The summed E-state index contributed by atoms with van der Waals surface area (Å²) < 4.78 is 16.8. The Kier molecular flexibility index (Phi) is 4.93. The minimum absolute atomic E-state index is 0.135. The van der Waals surface area contributed by atoms with Crippen LogP contribution in [0.1, 0.15) is 18.1 Å². The van der Waals surface area contributed by atoms with Crippen molar-refractivity contribution in [2.75, 3.05) is 13.7 Å². The van der Waals surface area contributed by atoms with Crippen molar-refractivity contribution in [3.8, 4) is 5.75 Å². The predicted molar refractivity (Wildman–Crippen MR) is 86.1 cm³/mol. The lowest BCUT2D eigenvalue weighted by Gasteiger charge is -2.17. The second-order valence-corrected chi connectivity index (χ2v) is 5.58. The number of hydrogen-bond donors (Lipinski definition) is 0. The van der Waals surface area contributed by atoms with E-state index in [0.29, 0.717) is 13.0 Å². The van der Waals surface area contributed by atoms with Crippen LogP contribution in [0, 0.1) is 5.92 Å². The van der Waals surface area contributed by atoms with Crippen molar-refractivity contribution in [2.45, 2.75) is 18.6 Å². The molecule has 3 atom stereocenters. The highest BCUT2D eigenvalue weighted by molar-refractivity contribution is 5.73. The molecule has 4 heteroatoms. The zero-order chi connectivity index (χ0) is 16.1. The topological polar surface area (TPSA) is 44.8 Å². The normalized spacial score (nSPS) is 23.4. The van der Waals surface area contributed by atoms with Crippen molar-refractivity contribution < 1.29 is 19.0 Å². The third kappa shape index (κ3) is 3.71. The van der Waals surface area contributed by atoms with Crippen molar-refractivity contribution in [3.05, 3.63) is 66.2 Å². The molecule has 0 spiro atoms. The van der Waals surface area contributed by atoms with Crippen LogP contribution < -0.4 is 4.74 Å². The number of ether oxygens (including phenoxy) is 3. The molecule has 0 saturated carbocycles. The van der Waals surface area contributed by atoms with Crippen molar-refractivity contribution in [2.24, 2.45) is 5.92 Å². The monoisotopic (exact) mass is 312 g/mol. The van der Waals surface area contributed by atoms with Gasteiger partial charge in [0.05, 0.1) is 25.2 Å². The van der Waals surface area contributed by atoms with Crippen LogP contribution in [0.15, 0.2) is 60.7 Å². The Hall–Kier alpha value is -2.33. The van der Waals surface area contributed by atoms with Gasteiger partial charge in [-0.2, -0.15) is 0 Å². The highest BCUT2D eigenvalue weighted by Gasteiger charge is 2.41. The van der Waals surface area contributed by atoms with Gasteiger partial charge in [-0.05, 0) is 24.1 Å². The molecule has 3 rings (SSSR count). The second-order valence-electron chi connectivity index (χ2n) is 5.58. The zero-order valence-corrected chi connectivity index (χ0v) is 13.1. The van der Waals surface area contributed by atoms with E-state index in [1.807, 2.05) is 60.7 Å². The average molecular weight is 312 g/mol.